The number of aryl methyl sites for hydroxylation is 1. The summed E-state index contributed by atoms with van der Waals surface area (Å²) in [5.74, 6) is -1.53. The minimum atomic E-state index is -1.25. The topological polar surface area (TPSA) is 164 Å². The van der Waals surface area contributed by atoms with Crippen LogP contribution in [0.4, 0.5) is 4.39 Å². The Morgan fingerprint density at radius 2 is 1.92 bits per heavy atom. The first-order valence-electron chi connectivity index (χ1n) is 11.0. The van der Waals surface area contributed by atoms with Gasteiger partial charge in [0.15, 0.2) is 0 Å². The van der Waals surface area contributed by atoms with E-state index >= 15 is 0 Å². The zero-order valence-corrected chi connectivity index (χ0v) is 21.1. The van der Waals surface area contributed by atoms with Gasteiger partial charge >= 0.3 is 0 Å². The third-order valence-electron chi connectivity index (χ3n) is 5.32. The molecule has 36 heavy (non-hydrogen) atoms. The first kappa shape index (κ1) is 28.9. The van der Waals surface area contributed by atoms with Crippen LogP contribution in [0.5, 0.6) is 0 Å². The van der Waals surface area contributed by atoms with Gasteiger partial charge in [-0.15, -0.1) is 0 Å². The van der Waals surface area contributed by atoms with Crippen molar-refractivity contribution in [1.29, 1.82) is 10.8 Å². The quantitative estimate of drug-likeness (QED) is 0.250. The van der Waals surface area contributed by atoms with Gasteiger partial charge in [-0.05, 0) is 50.2 Å². The molecular formula is C25H34FN5O4S. The number of nitrogens with zero attached hydrogens (tertiary/aromatic N) is 2. The fourth-order valence-corrected chi connectivity index (χ4v) is 4.54. The maximum absolute atomic E-state index is 14.4. The summed E-state index contributed by atoms with van der Waals surface area (Å²) in [6, 6.07) is 11.4. The van der Waals surface area contributed by atoms with E-state index in [0.717, 1.165) is 5.56 Å². The van der Waals surface area contributed by atoms with Crippen molar-refractivity contribution in [2.45, 2.75) is 37.0 Å². The SMILES string of the molecule is CNCc1ccc(C(=N)OC(=N)c2nc(-c3ccc(S(=O)C(C)CCO)cc3)cnc2C)c(F)c1.O.[HH].[HH]. The molecule has 1 aromatic heterocycles. The van der Waals surface area contributed by atoms with Gasteiger partial charge in [-0.1, -0.05) is 25.1 Å². The average Bonchev–Trinajstić information content (AvgIpc) is 2.84. The van der Waals surface area contributed by atoms with Gasteiger partial charge in [-0.2, -0.15) is 0 Å². The van der Waals surface area contributed by atoms with E-state index in [-0.39, 0.29) is 31.4 Å². The number of benzene rings is 2. The third-order valence-corrected chi connectivity index (χ3v) is 7.02. The van der Waals surface area contributed by atoms with Gasteiger partial charge in [0.05, 0.1) is 33.9 Å². The van der Waals surface area contributed by atoms with E-state index in [1.54, 1.807) is 50.5 Å². The van der Waals surface area contributed by atoms with Crippen molar-refractivity contribution >= 4 is 22.6 Å². The van der Waals surface area contributed by atoms with Crippen molar-refractivity contribution in [2.75, 3.05) is 13.7 Å². The summed E-state index contributed by atoms with van der Waals surface area (Å²) in [6.07, 6.45) is 2.00. The van der Waals surface area contributed by atoms with E-state index in [1.165, 1.54) is 12.1 Å². The first-order valence-corrected chi connectivity index (χ1v) is 12.2. The number of rotatable bonds is 9. The fourth-order valence-electron chi connectivity index (χ4n) is 3.35. The maximum atomic E-state index is 14.4. The molecule has 0 amide bonds. The van der Waals surface area contributed by atoms with Crippen LogP contribution >= 0.6 is 0 Å². The second kappa shape index (κ2) is 13.1. The molecule has 0 aliphatic carbocycles. The molecule has 196 valence electrons. The first-order chi connectivity index (χ1) is 16.7. The lowest BCUT2D eigenvalue weighted by Gasteiger charge is -2.12. The second-order valence-corrected chi connectivity index (χ2v) is 9.81. The molecule has 0 bridgehead atoms. The van der Waals surface area contributed by atoms with Crippen molar-refractivity contribution in [3.63, 3.8) is 0 Å². The van der Waals surface area contributed by atoms with Crippen LogP contribution in [0, 0.1) is 23.6 Å². The van der Waals surface area contributed by atoms with Gasteiger partial charge < -0.3 is 20.6 Å². The molecule has 0 fully saturated rings. The molecule has 11 heteroatoms. The molecule has 0 saturated heterocycles. The van der Waals surface area contributed by atoms with E-state index < -0.39 is 28.4 Å². The Labute approximate surface area is 214 Å². The maximum Gasteiger partial charge on any atom is 0.241 e. The smallest absolute Gasteiger partial charge is 0.241 e. The van der Waals surface area contributed by atoms with Gasteiger partial charge in [0.2, 0.25) is 11.8 Å². The van der Waals surface area contributed by atoms with Crippen LogP contribution in [-0.4, -0.2) is 55.5 Å². The molecule has 0 saturated carbocycles. The average molecular weight is 520 g/mol. The Morgan fingerprint density at radius 1 is 1.22 bits per heavy atom. The molecular weight excluding hydrogens is 485 g/mol. The Hall–Kier alpha value is -3.38. The molecule has 3 aromatic rings. The molecule has 9 nitrogen and oxygen atoms in total. The standard InChI is InChI=1S/C25H28FN5O3S.H2O.2H2/c1-15(10-11-32)35(33)19-7-5-18(6-8-19)22-14-30-16(2)23(31-22)25(28)34-24(27)20-9-4-17(13-29-3)12-21(20)26;;;/h4-9,12,14-15,27-29,32H,10-11,13H2,1-3H3;1H2;2*1H. The van der Waals surface area contributed by atoms with Gasteiger partial charge in [0, 0.05) is 31.7 Å². The van der Waals surface area contributed by atoms with Crippen LogP contribution in [-0.2, 0) is 22.1 Å². The molecule has 1 heterocycles. The van der Waals surface area contributed by atoms with Crippen molar-refractivity contribution in [2.24, 2.45) is 0 Å². The highest BCUT2D eigenvalue weighted by Gasteiger charge is 2.18. The molecule has 2 unspecified atom stereocenters. The largest absolute Gasteiger partial charge is 0.419 e. The summed E-state index contributed by atoms with van der Waals surface area (Å²) >= 11 is 0. The van der Waals surface area contributed by atoms with E-state index in [9.17, 15) is 8.60 Å². The van der Waals surface area contributed by atoms with Crippen molar-refractivity contribution in [3.8, 4) is 11.3 Å². The fraction of sp³-hybridized carbons (Fsp3) is 0.280. The third kappa shape index (κ3) is 6.85. The molecule has 0 spiro atoms. The minimum Gasteiger partial charge on any atom is -0.419 e. The van der Waals surface area contributed by atoms with Gasteiger partial charge in [-0.3, -0.25) is 20.0 Å². The van der Waals surface area contributed by atoms with E-state index in [2.05, 4.69) is 15.3 Å². The van der Waals surface area contributed by atoms with Crippen LogP contribution < -0.4 is 5.32 Å². The minimum absolute atomic E-state index is 0. The number of hydrogen-bond donors (Lipinski definition) is 4. The summed E-state index contributed by atoms with van der Waals surface area (Å²) in [4.78, 5) is 9.40. The van der Waals surface area contributed by atoms with Crippen LogP contribution in [0.15, 0.2) is 53.6 Å². The number of hydrogen-bond acceptors (Lipinski definition) is 8. The normalized spacial score (nSPS) is 12.4. The molecule has 6 N–H and O–H groups in total. The number of halogens is 1. The van der Waals surface area contributed by atoms with Crippen LogP contribution in [0.1, 0.15) is 38.7 Å². The summed E-state index contributed by atoms with van der Waals surface area (Å²) in [6.45, 7) is 3.95. The molecule has 0 aliphatic heterocycles. The lowest BCUT2D eigenvalue weighted by molar-refractivity contribution is 0.288. The number of nitrogens with one attached hydrogen (secondary N) is 3. The zero-order valence-electron chi connectivity index (χ0n) is 20.3. The van der Waals surface area contributed by atoms with Gasteiger partial charge in [-0.25, -0.2) is 9.37 Å². The summed E-state index contributed by atoms with van der Waals surface area (Å²) < 4.78 is 32.3. The van der Waals surface area contributed by atoms with E-state index in [4.69, 9.17) is 20.7 Å². The molecule has 0 radical (unpaired) electrons. The number of aliphatic hydroxyl groups is 1. The molecule has 0 aliphatic rings. The highest BCUT2D eigenvalue weighted by atomic mass is 32.2. The lowest BCUT2D eigenvalue weighted by Crippen LogP contribution is -2.17. The molecule has 2 aromatic carbocycles. The van der Waals surface area contributed by atoms with Gasteiger partial charge in [0.25, 0.3) is 0 Å². The van der Waals surface area contributed by atoms with Crippen molar-refractivity contribution < 1.29 is 26.8 Å². The van der Waals surface area contributed by atoms with Crippen LogP contribution in [0.25, 0.3) is 11.3 Å². The number of aromatic nitrogens is 2. The molecule has 3 rings (SSSR count). The van der Waals surface area contributed by atoms with E-state index in [0.29, 0.717) is 34.8 Å². The van der Waals surface area contributed by atoms with Gasteiger partial charge in [0.1, 0.15) is 11.5 Å². The highest BCUT2D eigenvalue weighted by Crippen LogP contribution is 2.22. The number of aliphatic hydroxyl groups excluding tert-OH is 1. The lowest BCUT2D eigenvalue weighted by atomic mass is 10.1. The summed E-state index contributed by atoms with van der Waals surface area (Å²) in [7, 11) is 0.509. The summed E-state index contributed by atoms with van der Waals surface area (Å²) in [5.41, 5.74) is 2.38. The number of ether oxygens (including phenoxy) is 1. The Balaban J connectivity index is 0.00000456. The predicted molar refractivity (Wildman–Crippen MR) is 142 cm³/mol. The zero-order chi connectivity index (χ0) is 25.5. The van der Waals surface area contributed by atoms with Crippen LogP contribution in [0.2, 0.25) is 0 Å². The monoisotopic (exact) mass is 519 g/mol. The predicted octanol–water partition coefficient (Wildman–Crippen LogP) is 3.22. The Kier molecular flexibility index (Phi) is 10.5. The van der Waals surface area contributed by atoms with Crippen molar-refractivity contribution in [1.82, 2.24) is 15.3 Å². The van der Waals surface area contributed by atoms with Crippen LogP contribution in [0.3, 0.4) is 0 Å². The summed E-state index contributed by atoms with van der Waals surface area (Å²) in [5, 5.41) is 28.3. The Morgan fingerprint density at radius 3 is 2.53 bits per heavy atom. The van der Waals surface area contributed by atoms with Crippen molar-refractivity contribution in [3.05, 3.63) is 77.0 Å². The molecule has 2 atom stereocenters. The highest BCUT2D eigenvalue weighted by molar-refractivity contribution is 7.85. The second-order valence-electron chi connectivity index (χ2n) is 7.94. The van der Waals surface area contributed by atoms with E-state index in [1.807, 2.05) is 6.92 Å². The Bertz CT molecular complexity index is 1270.